The van der Waals surface area contributed by atoms with Crippen LogP contribution >= 0.6 is 0 Å². The lowest BCUT2D eigenvalue weighted by molar-refractivity contribution is 0.613. The van der Waals surface area contributed by atoms with Crippen LogP contribution in [0, 0.1) is 0 Å². The number of rotatable bonds is 6. The van der Waals surface area contributed by atoms with E-state index in [1.165, 1.54) is 12.8 Å². The van der Waals surface area contributed by atoms with E-state index in [1.807, 2.05) is 12.5 Å². The van der Waals surface area contributed by atoms with Crippen molar-refractivity contribution in [3.8, 4) is 0 Å². The van der Waals surface area contributed by atoms with Crippen molar-refractivity contribution in [3.63, 3.8) is 0 Å². The number of hydrazine groups is 1. The Labute approximate surface area is 101 Å². The molecule has 4 N–H and O–H groups in total. The van der Waals surface area contributed by atoms with E-state index in [9.17, 15) is 0 Å². The SMILES string of the molecule is NNC(=NCCCCn1ccnc1)NC1CC1. The molecule has 1 heterocycles. The zero-order chi connectivity index (χ0) is 11.9. The summed E-state index contributed by atoms with van der Waals surface area (Å²) in [6.07, 6.45) is 10.2. The number of guanidine groups is 1. The summed E-state index contributed by atoms with van der Waals surface area (Å²) < 4.78 is 2.08. The van der Waals surface area contributed by atoms with Gasteiger partial charge in [-0.15, -0.1) is 0 Å². The molecule has 1 aromatic rings. The van der Waals surface area contributed by atoms with Gasteiger partial charge in [0.2, 0.25) is 5.96 Å². The third-order valence-corrected chi connectivity index (χ3v) is 2.71. The topological polar surface area (TPSA) is 80.3 Å². The Balaban J connectivity index is 1.58. The molecule has 0 radical (unpaired) electrons. The van der Waals surface area contributed by atoms with E-state index >= 15 is 0 Å². The van der Waals surface area contributed by atoms with Crippen LogP contribution in [-0.2, 0) is 6.54 Å². The van der Waals surface area contributed by atoms with Crippen LogP contribution in [0.4, 0.5) is 0 Å². The second-order valence-corrected chi connectivity index (χ2v) is 4.30. The Morgan fingerprint density at radius 3 is 3.00 bits per heavy atom. The van der Waals surface area contributed by atoms with E-state index in [0.29, 0.717) is 6.04 Å². The molecule has 0 aliphatic heterocycles. The molecule has 0 saturated heterocycles. The molecule has 0 bridgehead atoms. The molecule has 1 aliphatic carbocycles. The van der Waals surface area contributed by atoms with E-state index in [2.05, 4.69) is 25.3 Å². The van der Waals surface area contributed by atoms with Gasteiger partial charge >= 0.3 is 0 Å². The van der Waals surface area contributed by atoms with Crippen molar-refractivity contribution < 1.29 is 0 Å². The molecule has 6 nitrogen and oxygen atoms in total. The molecule has 6 heteroatoms. The number of nitrogens with two attached hydrogens (primary N) is 1. The highest BCUT2D eigenvalue weighted by Gasteiger charge is 2.21. The van der Waals surface area contributed by atoms with Gasteiger partial charge in [0, 0.05) is 31.5 Å². The summed E-state index contributed by atoms with van der Waals surface area (Å²) in [5.74, 6) is 6.10. The Morgan fingerprint density at radius 2 is 2.35 bits per heavy atom. The number of hydrogen-bond donors (Lipinski definition) is 3. The predicted molar refractivity (Wildman–Crippen MR) is 67.2 cm³/mol. The second-order valence-electron chi connectivity index (χ2n) is 4.30. The van der Waals surface area contributed by atoms with Crippen LogP contribution in [0.3, 0.4) is 0 Å². The van der Waals surface area contributed by atoms with E-state index < -0.39 is 0 Å². The van der Waals surface area contributed by atoms with Gasteiger partial charge in [-0.3, -0.25) is 10.4 Å². The molecule has 0 spiro atoms. The number of aryl methyl sites for hydroxylation is 1. The van der Waals surface area contributed by atoms with Crippen LogP contribution in [0.15, 0.2) is 23.7 Å². The summed E-state index contributed by atoms with van der Waals surface area (Å²) in [4.78, 5) is 8.39. The van der Waals surface area contributed by atoms with Crippen molar-refractivity contribution in [1.82, 2.24) is 20.3 Å². The Morgan fingerprint density at radius 1 is 1.47 bits per heavy atom. The minimum Gasteiger partial charge on any atom is -0.353 e. The molecule has 1 aliphatic rings. The highest BCUT2D eigenvalue weighted by Crippen LogP contribution is 2.18. The standard InChI is InChI=1S/C11H20N6/c12-16-11(15-10-3-4-10)14-5-1-2-7-17-8-6-13-9-17/h6,8-10H,1-5,7,12H2,(H2,14,15,16). The zero-order valence-corrected chi connectivity index (χ0v) is 9.97. The van der Waals surface area contributed by atoms with Gasteiger partial charge in [-0.1, -0.05) is 0 Å². The van der Waals surface area contributed by atoms with Crippen molar-refractivity contribution >= 4 is 5.96 Å². The normalized spacial score (nSPS) is 15.9. The zero-order valence-electron chi connectivity index (χ0n) is 9.97. The Bertz CT molecular complexity index is 341. The average molecular weight is 236 g/mol. The first kappa shape index (κ1) is 11.9. The maximum atomic E-state index is 5.39. The highest BCUT2D eigenvalue weighted by atomic mass is 15.3. The second kappa shape index (κ2) is 6.24. The number of nitrogens with one attached hydrogen (secondary N) is 2. The molecule has 0 atom stereocenters. The van der Waals surface area contributed by atoms with Crippen LogP contribution in [0.1, 0.15) is 25.7 Å². The summed E-state index contributed by atoms with van der Waals surface area (Å²) in [5, 5.41) is 3.24. The fraction of sp³-hybridized carbons (Fsp3) is 0.636. The molecular weight excluding hydrogens is 216 g/mol. The van der Waals surface area contributed by atoms with Crippen LogP contribution in [0.5, 0.6) is 0 Å². The first-order valence-corrected chi connectivity index (χ1v) is 6.12. The lowest BCUT2D eigenvalue weighted by atomic mass is 10.3. The van der Waals surface area contributed by atoms with Gasteiger partial charge in [-0.05, 0) is 25.7 Å². The molecule has 0 unspecified atom stereocenters. The molecule has 0 amide bonds. The van der Waals surface area contributed by atoms with Gasteiger partial charge in [0.15, 0.2) is 0 Å². The summed E-state index contributed by atoms with van der Waals surface area (Å²) >= 11 is 0. The van der Waals surface area contributed by atoms with Gasteiger partial charge in [0.05, 0.1) is 6.33 Å². The maximum Gasteiger partial charge on any atom is 0.205 e. The quantitative estimate of drug-likeness (QED) is 0.217. The first-order valence-electron chi connectivity index (χ1n) is 6.12. The third-order valence-electron chi connectivity index (χ3n) is 2.71. The first-order chi connectivity index (χ1) is 8.38. The van der Waals surface area contributed by atoms with Crippen LogP contribution in [-0.4, -0.2) is 28.1 Å². The summed E-state index contributed by atoms with van der Waals surface area (Å²) in [5.41, 5.74) is 2.60. The molecule has 1 saturated carbocycles. The lowest BCUT2D eigenvalue weighted by Crippen LogP contribution is -2.42. The van der Waals surface area contributed by atoms with Crippen molar-refractivity contribution in [2.45, 2.75) is 38.3 Å². The minimum atomic E-state index is 0.579. The van der Waals surface area contributed by atoms with Crippen LogP contribution in [0.25, 0.3) is 0 Å². The van der Waals surface area contributed by atoms with E-state index in [0.717, 1.165) is 31.9 Å². The van der Waals surface area contributed by atoms with Gasteiger partial charge in [-0.2, -0.15) is 0 Å². The molecule has 17 heavy (non-hydrogen) atoms. The fourth-order valence-electron chi connectivity index (χ4n) is 1.57. The molecule has 0 aromatic carbocycles. The predicted octanol–water partition coefficient (Wildman–Crippen LogP) is 0.235. The Kier molecular flexibility index (Phi) is 4.37. The maximum absolute atomic E-state index is 5.39. The van der Waals surface area contributed by atoms with Gasteiger partial charge < -0.3 is 9.88 Å². The number of nitrogens with zero attached hydrogens (tertiary/aromatic N) is 3. The fourth-order valence-corrected chi connectivity index (χ4v) is 1.57. The molecule has 1 aromatic heterocycles. The number of aromatic nitrogens is 2. The summed E-state index contributed by atoms with van der Waals surface area (Å²) in [6, 6.07) is 0.579. The van der Waals surface area contributed by atoms with Crippen LogP contribution < -0.4 is 16.6 Å². The number of imidazole rings is 1. The molecule has 94 valence electrons. The van der Waals surface area contributed by atoms with Crippen LogP contribution in [0.2, 0.25) is 0 Å². The Hall–Kier alpha value is -1.56. The average Bonchev–Trinajstić information content (AvgIpc) is 3.01. The van der Waals surface area contributed by atoms with Gasteiger partial charge in [-0.25, -0.2) is 10.8 Å². The minimum absolute atomic E-state index is 0.579. The molecule has 2 rings (SSSR count). The van der Waals surface area contributed by atoms with E-state index in [-0.39, 0.29) is 0 Å². The number of aliphatic imine (C=N–C) groups is 1. The smallest absolute Gasteiger partial charge is 0.205 e. The third kappa shape index (κ3) is 4.44. The number of unbranched alkanes of at least 4 members (excludes halogenated alkanes) is 1. The monoisotopic (exact) mass is 236 g/mol. The summed E-state index contributed by atoms with van der Waals surface area (Å²) in [6.45, 7) is 1.80. The molecule has 1 fully saturated rings. The van der Waals surface area contributed by atoms with Gasteiger partial charge in [0.25, 0.3) is 0 Å². The van der Waals surface area contributed by atoms with E-state index in [4.69, 9.17) is 5.84 Å². The number of hydrogen-bond acceptors (Lipinski definition) is 3. The molecular formula is C11H20N6. The lowest BCUT2D eigenvalue weighted by Gasteiger charge is -2.07. The van der Waals surface area contributed by atoms with Crippen molar-refractivity contribution in [2.75, 3.05) is 6.54 Å². The summed E-state index contributed by atoms with van der Waals surface area (Å²) in [7, 11) is 0. The largest absolute Gasteiger partial charge is 0.353 e. The van der Waals surface area contributed by atoms with Crippen molar-refractivity contribution in [2.24, 2.45) is 10.8 Å². The van der Waals surface area contributed by atoms with Crippen molar-refractivity contribution in [3.05, 3.63) is 18.7 Å². The van der Waals surface area contributed by atoms with E-state index in [1.54, 1.807) is 6.20 Å². The highest BCUT2D eigenvalue weighted by molar-refractivity contribution is 5.79. The van der Waals surface area contributed by atoms with Crippen molar-refractivity contribution in [1.29, 1.82) is 0 Å². The van der Waals surface area contributed by atoms with Gasteiger partial charge in [0.1, 0.15) is 0 Å².